The van der Waals surface area contributed by atoms with E-state index in [-0.39, 0.29) is 12.1 Å². The third-order valence-corrected chi connectivity index (χ3v) is 3.25. The second-order valence-electron chi connectivity index (χ2n) is 6.60. The van der Waals surface area contributed by atoms with Gasteiger partial charge in [0.05, 0.1) is 5.69 Å². The second-order valence-corrected chi connectivity index (χ2v) is 6.60. The van der Waals surface area contributed by atoms with E-state index >= 15 is 0 Å². The fraction of sp³-hybridized carbons (Fsp3) is 0.368. The summed E-state index contributed by atoms with van der Waals surface area (Å²) in [5.74, 6) is 0. The minimum absolute atomic E-state index is 0.0482. The summed E-state index contributed by atoms with van der Waals surface area (Å²) in [5.41, 5.74) is 2.24. The molecule has 0 radical (unpaired) electrons. The largest absolute Gasteiger partial charge is 0.392 e. The number of benzene rings is 1. The van der Waals surface area contributed by atoms with Crippen molar-refractivity contribution in [1.29, 1.82) is 0 Å². The molecule has 5 nitrogen and oxygen atoms in total. The summed E-state index contributed by atoms with van der Waals surface area (Å²) in [5, 5.41) is 17.4. The smallest absolute Gasteiger partial charge is 0.144 e. The molecule has 1 atom stereocenters. The van der Waals surface area contributed by atoms with Crippen molar-refractivity contribution in [2.24, 2.45) is 5.16 Å². The zero-order valence-corrected chi connectivity index (χ0v) is 14.4. The molecule has 0 aliphatic heterocycles. The van der Waals surface area contributed by atoms with Crippen molar-refractivity contribution in [1.82, 2.24) is 10.3 Å². The molecule has 0 fully saturated rings. The van der Waals surface area contributed by atoms with Crippen molar-refractivity contribution >= 4 is 5.71 Å². The van der Waals surface area contributed by atoms with Crippen LogP contribution in [0, 0.1) is 0 Å². The summed E-state index contributed by atoms with van der Waals surface area (Å²) in [6.45, 7) is 6.71. The highest BCUT2D eigenvalue weighted by atomic mass is 16.6. The van der Waals surface area contributed by atoms with Crippen molar-refractivity contribution in [2.75, 3.05) is 13.2 Å². The molecule has 2 rings (SSSR count). The van der Waals surface area contributed by atoms with Crippen molar-refractivity contribution < 1.29 is 9.94 Å². The number of aliphatic hydroxyl groups excluding tert-OH is 1. The van der Waals surface area contributed by atoms with Crippen LogP contribution in [0.2, 0.25) is 0 Å². The summed E-state index contributed by atoms with van der Waals surface area (Å²) < 4.78 is 0. The monoisotopic (exact) mass is 327 g/mol. The Bertz CT molecular complexity index is 595. The molecular weight excluding hydrogens is 302 g/mol. The Morgan fingerprint density at radius 1 is 1.17 bits per heavy atom. The summed E-state index contributed by atoms with van der Waals surface area (Å²) in [7, 11) is 0. The number of pyridine rings is 1. The molecule has 1 aromatic carbocycles. The first-order chi connectivity index (χ1) is 11.5. The number of oxime groups is 1. The number of hydrogen-bond acceptors (Lipinski definition) is 5. The van der Waals surface area contributed by atoms with Gasteiger partial charge in [0.2, 0.25) is 0 Å². The van der Waals surface area contributed by atoms with Gasteiger partial charge in [-0.05, 0) is 32.9 Å². The standard InChI is InChI=1S/C19H25N3O2/c1-19(2,3)21-13-16(23)14-24-22-18(15-9-5-4-6-10-15)17-11-7-8-12-20-17/h4-12,16,21,23H,13-14H2,1-3H3/b22-18+. The van der Waals surface area contributed by atoms with Crippen LogP contribution in [0.4, 0.5) is 0 Å². The average Bonchev–Trinajstić information content (AvgIpc) is 2.58. The molecule has 0 amide bonds. The van der Waals surface area contributed by atoms with Gasteiger partial charge in [0.15, 0.2) is 0 Å². The van der Waals surface area contributed by atoms with Gasteiger partial charge < -0.3 is 15.3 Å². The zero-order chi connectivity index (χ0) is 17.4. The van der Waals surface area contributed by atoms with Gasteiger partial charge in [0.1, 0.15) is 18.4 Å². The topological polar surface area (TPSA) is 66.7 Å². The number of β-amino-alcohol motifs (C(OH)–C–C–N with tert-alkyl or cyclic N) is 1. The molecule has 2 aromatic rings. The van der Waals surface area contributed by atoms with Crippen LogP contribution >= 0.6 is 0 Å². The highest BCUT2D eigenvalue weighted by Gasteiger charge is 2.13. The SMILES string of the molecule is CC(C)(C)NCC(O)CO/N=C(\c1ccccc1)c1ccccn1. The van der Waals surface area contributed by atoms with E-state index in [1.54, 1.807) is 6.20 Å². The lowest BCUT2D eigenvalue weighted by molar-refractivity contribution is 0.0374. The van der Waals surface area contributed by atoms with E-state index in [2.05, 4.69) is 15.5 Å². The van der Waals surface area contributed by atoms with Crippen LogP contribution in [0.1, 0.15) is 32.0 Å². The van der Waals surface area contributed by atoms with E-state index in [9.17, 15) is 5.11 Å². The first-order valence-electron chi connectivity index (χ1n) is 8.05. The van der Waals surface area contributed by atoms with Gasteiger partial charge in [0, 0.05) is 23.8 Å². The van der Waals surface area contributed by atoms with Crippen LogP contribution in [-0.2, 0) is 4.84 Å². The Kier molecular flexibility index (Phi) is 6.46. The second kappa shape index (κ2) is 8.57. The zero-order valence-electron chi connectivity index (χ0n) is 14.4. The summed E-state index contributed by atoms with van der Waals surface area (Å²) in [6.07, 6.45) is 1.09. The molecule has 1 aromatic heterocycles. The Labute approximate surface area is 143 Å². The summed E-state index contributed by atoms with van der Waals surface area (Å²) in [6, 6.07) is 15.4. The number of nitrogens with one attached hydrogen (secondary N) is 1. The van der Waals surface area contributed by atoms with Gasteiger partial charge in [-0.1, -0.05) is 41.6 Å². The van der Waals surface area contributed by atoms with E-state index in [1.165, 1.54) is 0 Å². The van der Waals surface area contributed by atoms with Crippen LogP contribution < -0.4 is 5.32 Å². The third-order valence-electron chi connectivity index (χ3n) is 3.25. The van der Waals surface area contributed by atoms with Crippen molar-refractivity contribution in [3.63, 3.8) is 0 Å². The van der Waals surface area contributed by atoms with Gasteiger partial charge in [-0.3, -0.25) is 4.98 Å². The minimum atomic E-state index is -0.631. The molecule has 0 aliphatic carbocycles. The van der Waals surface area contributed by atoms with Gasteiger partial charge in [0.25, 0.3) is 0 Å². The molecular formula is C19H25N3O2. The highest BCUT2D eigenvalue weighted by molar-refractivity contribution is 6.11. The molecule has 128 valence electrons. The number of aliphatic hydroxyl groups is 1. The Morgan fingerprint density at radius 2 is 1.88 bits per heavy atom. The molecule has 0 saturated heterocycles. The molecule has 2 N–H and O–H groups in total. The Morgan fingerprint density at radius 3 is 2.50 bits per heavy atom. The van der Waals surface area contributed by atoms with Gasteiger partial charge in [-0.15, -0.1) is 0 Å². The van der Waals surface area contributed by atoms with E-state index in [4.69, 9.17) is 4.84 Å². The number of aromatic nitrogens is 1. The maximum absolute atomic E-state index is 9.99. The van der Waals surface area contributed by atoms with Gasteiger partial charge >= 0.3 is 0 Å². The fourth-order valence-corrected chi connectivity index (χ4v) is 2.02. The molecule has 24 heavy (non-hydrogen) atoms. The minimum Gasteiger partial charge on any atom is -0.392 e. The van der Waals surface area contributed by atoms with E-state index < -0.39 is 6.10 Å². The number of rotatable bonds is 7. The van der Waals surface area contributed by atoms with Crippen molar-refractivity contribution in [3.05, 3.63) is 66.0 Å². The Hall–Kier alpha value is -2.24. The molecule has 1 unspecified atom stereocenters. The maximum atomic E-state index is 9.99. The lowest BCUT2D eigenvalue weighted by atomic mass is 10.1. The quantitative estimate of drug-likeness (QED) is 0.606. The third kappa shape index (κ3) is 6.10. The Balaban J connectivity index is 2.04. The fourth-order valence-electron chi connectivity index (χ4n) is 2.02. The highest BCUT2D eigenvalue weighted by Crippen LogP contribution is 2.09. The molecule has 0 bridgehead atoms. The van der Waals surface area contributed by atoms with Gasteiger partial charge in [-0.2, -0.15) is 0 Å². The lowest BCUT2D eigenvalue weighted by Gasteiger charge is -2.22. The predicted octanol–water partition coefficient (Wildman–Crippen LogP) is 2.60. The first kappa shape index (κ1) is 18.1. The molecule has 1 heterocycles. The summed E-state index contributed by atoms with van der Waals surface area (Å²) in [4.78, 5) is 9.73. The normalized spacial score (nSPS) is 13.6. The van der Waals surface area contributed by atoms with Gasteiger partial charge in [-0.25, -0.2) is 0 Å². The van der Waals surface area contributed by atoms with Crippen LogP contribution in [0.3, 0.4) is 0 Å². The van der Waals surface area contributed by atoms with Crippen LogP contribution in [0.5, 0.6) is 0 Å². The maximum Gasteiger partial charge on any atom is 0.144 e. The molecule has 0 saturated carbocycles. The molecule has 5 heteroatoms. The number of nitrogens with zero attached hydrogens (tertiary/aromatic N) is 2. The van der Waals surface area contributed by atoms with Crippen LogP contribution in [0.25, 0.3) is 0 Å². The van der Waals surface area contributed by atoms with Crippen LogP contribution in [0.15, 0.2) is 59.9 Å². The molecule has 0 spiro atoms. The number of hydrogen-bond donors (Lipinski definition) is 2. The molecule has 0 aliphatic rings. The lowest BCUT2D eigenvalue weighted by Crippen LogP contribution is -2.42. The van der Waals surface area contributed by atoms with Crippen LogP contribution in [-0.4, -0.2) is 40.6 Å². The van der Waals surface area contributed by atoms with E-state index in [1.807, 2.05) is 69.3 Å². The first-order valence-corrected chi connectivity index (χ1v) is 8.05. The van der Waals surface area contributed by atoms with E-state index in [0.717, 1.165) is 11.3 Å². The van der Waals surface area contributed by atoms with Crippen molar-refractivity contribution in [2.45, 2.75) is 32.4 Å². The van der Waals surface area contributed by atoms with E-state index in [0.29, 0.717) is 12.3 Å². The predicted molar refractivity (Wildman–Crippen MR) is 96.0 cm³/mol. The summed E-state index contributed by atoms with van der Waals surface area (Å²) >= 11 is 0. The van der Waals surface area contributed by atoms with Crippen molar-refractivity contribution in [3.8, 4) is 0 Å². The average molecular weight is 327 g/mol.